The molecule has 0 spiro atoms. The minimum atomic E-state index is 0.265. The summed E-state index contributed by atoms with van der Waals surface area (Å²) in [4.78, 5) is 8.80. The third-order valence-electron chi connectivity index (χ3n) is 3.25. The maximum absolute atomic E-state index is 5.26. The van der Waals surface area contributed by atoms with Crippen molar-refractivity contribution in [2.24, 2.45) is 0 Å². The average Bonchev–Trinajstić information content (AvgIpc) is 3.10. The Bertz CT molecular complexity index is 561. The molecule has 0 unspecified atom stereocenters. The molecular formula is C14H18N4OS. The van der Waals surface area contributed by atoms with Crippen LogP contribution in [0.4, 0.5) is 5.82 Å². The summed E-state index contributed by atoms with van der Waals surface area (Å²) < 4.78 is 5.26. The number of nitrogens with one attached hydrogen (secondary N) is 1. The van der Waals surface area contributed by atoms with Crippen LogP contribution in [0.25, 0.3) is 11.5 Å². The second-order valence-corrected chi connectivity index (χ2v) is 6.40. The fraction of sp³-hybridized carbons (Fsp3) is 0.500. The van der Waals surface area contributed by atoms with Gasteiger partial charge in [-0.2, -0.15) is 16.7 Å². The first-order chi connectivity index (χ1) is 9.72. The molecule has 0 radical (unpaired) electrons. The molecule has 1 saturated heterocycles. The van der Waals surface area contributed by atoms with Gasteiger partial charge in [0.05, 0.1) is 5.56 Å². The number of thioether (sulfide) groups is 1. The van der Waals surface area contributed by atoms with E-state index < -0.39 is 0 Å². The highest BCUT2D eigenvalue weighted by molar-refractivity contribution is 7.99. The molecule has 0 amide bonds. The first kappa shape index (κ1) is 13.4. The highest BCUT2D eigenvalue weighted by atomic mass is 32.2. The highest BCUT2D eigenvalue weighted by Gasteiger charge is 2.16. The summed E-state index contributed by atoms with van der Waals surface area (Å²) in [7, 11) is 0. The molecule has 6 heteroatoms. The molecule has 1 fully saturated rings. The van der Waals surface area contributed by atoms with E-state index in [0.29, 0.717) is 11.9 Å². The second-order valence-electron chi connectivity index (χ2n) is 5.25. The van der Waals surface area contributed by atoms with E-state index in [1.165, 1.54) is 12.2 Å². The maximum atomic E-state index is 5.26. The topological polar surface area (TPSA) is 63.8 Å². The van der Waals surface area contributed by atoms with Gasteiger partial charge < -0.3 is 9.84 Å². The van der Waals surface area contributed by atoms with Crippen LogP contribution in [0, 0.1) is 0 Å². The van der Waals surface area contributed by atoms with E-state index in [0.717, 1.165) is 23.0 Å². The lowest BCUT2D eigenvalue weighted by Gasteiger charge is -2.11. The molecule has 2 aromatic heterocycles. The molecule has 3 rings (SSSR count). The predicted molar refractivity (Wildman–Crippen MR) is 81.0 cm³/mol. The lowest BCUT2D eigenvalue weighted by Crippen LogP contribution is -2.18. The van der Waals surface area contributed by atoms with Crippen LogP contribution in [-0.4, -0.2) is 32.7 Å². The molecule has 5 nitrogen and oxygen atoms in total. The van der Waals surface area contributed by atoms with Crippen LogP contribution in [0.2, 0.25) is 0 Å². The minimum absolute atomic E-state index is 0.265. The molecule has 1 N–H and O–H groups in total. The summed E-state index contributed by atoms with van der Waals surface area (Å²) in [6.07, 6.45) is 2.98. The number of hydrogen-bond acceptors (Lipinski definition) is 6. The van der Waals surface area contributed by atoms with E-state index in [2.05, 4.69) is 20.4 Å². The Morgan fingerprint density at radius 1 is 1.40 bits per heavy atom. The van der Waals surface area contributed by atoms with Crippen LogP contribution in [-0.2, 0) is 0 Å². The summed E-state index contributed by atoms with van der Waals surface area (Å²) in [5.41, 5.74) is 0.857. The van der Waals surface area contributed by atoms with E-state index in [1.54, 1.807) is 6.20 Å². The highest BCUT2D eigenvalue weighted by Crippen LogP contribution is 2.23. The second kappa shape index (κ2) is 5.83. The smallest absolute Gasteiger partial charge is 0.259 e. The maximum Gasteiger partial charge on any atom is 0.259 e. The molecule has 2 aromatic rings. The number of pyridine rings is 1. The monoisotopic (exact) mass is 290 g/mol. The summed E-state index contributed by atoms with van der Waals surface area (Å²) in [6.45, 7) is 4.08. The zero-order valence-electron chi connectivity index (χ0n) is 11.7. The number of hydrogen-bond donors (Lipinski definition) is 1. The van der Waals surface area contributed by atoms with E-state index in [1.807, 2.05) is 37.7 Å². The van der Waals surface area contributed by atoms with Crippen LogP contribution in [0.15, 0.2) is 22.9 Å². The molecule has 0 aliphatic carbocycles. The lowest BCUT2D eigenvalue weighted by atomic mass is 10.2. The molecule has 0 saturated carbocycles. The van der Waals surface area contributed by atoms with Gasteiger partial charge in [-0.15, -0.1) is 0 Å². The molecule has 0 aromatic carbocycles. The quantitative estimate of drug-likeness (QED) is 0.933. The molecule has 0 bridgehead atoms. The van der Waals surface area contributed by atoms with E-state index in [-0.39, 0.29) is 5.92 Å². The fourth-order valence-electron chi connectivity index (χ4n) is 2.05. The summed E-state index contributed by atoms with van der Waals surface area (Å²) in [6, 6.07) is 4.47. The Labute approximate surface area is 122 Å². The zero-order chi connectivity index (χ0) is 13.9. The van der Waals surface area contributed by atoms with Gasteiger partial charge >= 0.3 is 0 Å². The molecule has 20 heavy (non-hydrogen) atoms. The molecule has 1 atom stereocenters. The van der Waals surface area contributed by atoms with Crippen molar-refractivity contribution in [1.29, 1.82) is 0 Å². The van der Waals surface area contributed by atoms with Gasteiger partial charge in [0.1, 0.15) is 5.82 Å². The van der Waals surface area contributed by atoms with Crippen LogP contribution in [0.3, 0.4) is 0 Å². The molecule has 106 valence electrons. The van der Waals surface area contributed by atoms with Crippen molar-refractivity contribution in [1.82, 2.24) is 15.1 Å². The van der Waals surface area contributed by atoms with E-state index in [4.69, 9.17) is 4.52 Å². The normalized spacial score (nSPS) is 18.6. The van der Waals surface area contributed by atoms with Crippen LogP contribution >= 0.6 is 11.8 Å². The van der Waals surface area contributed by atoms with Gasteiger partial charge in [-0.25, -0.2) is 4.98 Å². The van der Waals surface area contributed by atoms with Crippen molar-refractivity contribution in [3.05, 3.63) is 24.2 Å². The van der Waals surface area contributed by atoms with E-state index >= 15 is 0 Å². The zero-order valence-corrected chi connectivity index (χ0v) is 12.5. The van der Waals surface area contributed by atoms with Crippen LogP contribution < -0.4 is 5.32 Å². The van der Waals surface area contributed by atoms with E-state index in [9.17, 15) is 0 Å². The van der Waals surface area contributed by atoms with Crippen LogP contribution in [0.1, 0.15) is 32.0 Å². The number of rotatable bonds is 4. The number of anilines is 1. The Balaban J connectivity index is 1.71. The molecule has 3 heterocycles. The predicted octanol–water partition coefficient (Wildman–Crippen LogP) is 3.17. The van der Waals surface area contributed by atoms with Crippen molar-refractivity contribution in [2.75, 3.05) is 16.8 Å². The van der Waals surface area contributed by atoms with Gasteiger partial charge in [-0.1, -0.05) is 19.0 Å². The lowest BCUT2D eigenvalue weighted by molar-refractivity contribution is 0.419. The van der Waals surface area contributed by atoms with Crippen molar-refractivity contribution in [2.45, 2.75) is 32.2 Å². The third kappa shape index (κ3) is 2.95. The van der Waals surface area contributed by atoms with Crippen molar-refractivity contribution in [3.63, 3.8) is 0 Å². The fourth-order valence-corrected chi connectivity index (χ4v) is 3.20. The Kier molecular flexibility index (Phi) is 3.91. The summed E-state index contributed by atoms with van der Waals surface area (Å²) >= 11 is 1.98. The van der Waals surface area contributed by atoms with Gasteiger partial charge in [0.15, 0.2) is 5.82 Å². The van der Waals surface area contributed by atoms with Gasteiger partial charge in [0, 0.05) is 23.9 Å². The Morgan fingerprint density at radius 3 is 2.90 bits per heavy atom. The largest absolute Gasteiger partial charge is 0.366 e. The first-order valence-electron chi connectivity index (χ1n) is 6.86. The van der Waals surface area contributed by atoms with Crippen molar-refractivity contribution < 1.29 is 4.52 Å². The SMILES string of the molecule is CC(C)c1noc(-c2ccc(N[C@@H]3CCSC3)nc2)n1. The number of aromatic nitrogens is 3. The minimum Gasteiger partial charge on any atom is -0.366 e. The Morgan fingerprint density at radius 2 is 2.30 bits per heavy atom. The van der Waals surface area contributed by atoms with Crippen molar-refractivity contribution >= 4 is 17.6 Å². The first-order valence-corrected chi connectivity index (χ1v) is 8.02. The molecular weight excluding hydrogens is 272 g/mol. The number of nitrogens with zero attached hydrogens (tertiary/aromatic N) is 3. The molecule has 1 aliphatic heterocycles. The van der Waals surface area contributed by atoms with Crippen LogP contribution in [0.5, 0.6) is 0 Å². The summed E-state index contributed by atoms with van der Waals surface area (Å²) in [5.74, 6) is 4.82. The standard InChI is InChI=1S/C14H18N4OS/c1-9(2)13-17-14(19-18-13)10-3-4-12(15-7-10)16-11-5-6-20-8-11/h3-4,7,9,11H,5-6,8H2,1-2H3,(H,15,16)/t11-/m1/s1. The van der Waals surface area contributed by atoms with Gasteiger partial charge in [0.25, 0.3) is 5.89 Å². The summed E-state index contributed by atoms with van der Waals surface area (Å²) in [5, 5.41) is 7.41. The Hall–Kier alpha value is -1.56. The third-order valence-corrected chi connectivity index (χ3v) is 4.41. The average molecular weight is 290 g/mol. The molecule has 1 aliphatic rings. The van der Waals surface area contributed by atoms with Gasteiger partial charge in [0.2, 0.25) is 0 Å². The van der Waals surface area contributed by atoms with Gasteiger partial charge in [-0.05, 0) is 24.3 Å². The van der Waals surface area contributed by atoms with Gasteiger partial charge in [-0.3, -0.25) is 0 Å². The van der Waals surface area contributed by atoms with Crippen molar-refractivity contribution in [3.8, 4) is 11.5 Å².